The van der Waals surface area contributed by atoms with Crippen LogP contribution >= 0.6 is 0 Å². The lowest BCUT2D eigenvalue weighted by atomic mass is 10.2. The molecule has 0 aromatic carbocycles. The Balaban J connectivity index is 2.52. The minimum Gasteiger partial charge on any atom is -0.409 e. The minimum atomic E-state index is -0.293. The number of carbonyl (C=O) groups is 1. The molecule has 1 heterocycles. The van der Waals surface area contributed by atoms with Gasteiger partial charge in [-0.3, -0.25) is 9.78 Å². The van der Waals surface area contributed by atoms with E-state index < -0.39 is 0 Å². The predicted molar refractivity (Wildman–Crippen MR) is 50.0 cm³/mol. The van der Waals surface area contributed by atoms with Crippen molar-refractivity contribution in [1.82, 2.24) is 10.3 Å². The molecule has 0 fully saturated rings. The summed E-state index contributed by atoms with van der Waals surface area (Å²) in [6, 6.07) is 3.14. The second-order valence-corrected chi connectivity index (χ2v) is 2.51. The number of amides is 1. The number of rotatable bonds is 3. The van der Waals surface area contributed by atoms with E-state index in [0.717, 1.165) is 0 Å². The fraction of sp³-hybridized carbons (Fsp3) is 0.125. The first kappa shape index (κ1) is 9.97. The van der Waals surface area contributed by atoms with Crippen molar-refractivity contribution in [1.29, 1.82) is 0 Å². The highest BCUT2D eigenvalue weighted by atomic mass is 16.4. The number of hydrogen-bond acceptors (Lipinski definition) is 4. The van der Waals surface area contributed by atoms with E-state index in [4.69, 9.17) is 10.9 Å². The molecule has 1 aromatic heterocycles. The van der Waals surface area contributed by atoms with Gasteiger partial charge in [-0.1, -0.05) is 5.16 Å². The van der Waals surface area contributed by atoms with Gasteiger partial charge >= 0.3 is 0 Å². The second kappa shape index (κ2) is 4.80. The zero-order valence-corrected chi connectivity index (χ0v) is 7.34. The Bertz CT molecular complexity index is 336. The Labute approximate surface area is 80.4 Å². The van der Waals surface area contributed by atoms with Gasteiger partial charge in [-0.25, -0.2) is 0 Å². The molecule has 0 radical (unpaired) electrons. The normalized spacial score (nSPS) is 11.0. The molecule has 0 unspecified atom stereocenters. The Morgan fingerprint density at radius 1 is 1.57 bits per heavy atom. The molecular weight excluding hydrogens is 184 g/mol. The molecule has 0 atom stereocenters. The summed E-state index contributed by atoms with van der Waals surface area (Å²) in [7, 11) is 0. The third-order valence-corrected chi connectivity index (χ3v) is 1.50. The molecule has 0 saturated carbocycles. The summed E-state index contributed by atoms with van der Waals surface area (Å²) in [5, 5.41) is 13.4. The molecule has 0 saturated heterocycles. The average Bonchev–Trinajstić information content (AvgIpc) is 2.26. The van der Waals surface area contributed by atoms with Crippen molar-refractivity contribution in [2.75, 3.05) is 6.54 Å². The summed E-state index contributed by atoms with van der Waals surface area (Å²) in [4.78, 5) is 15.1. The predicted octanol–water partition coefficient (Wildman–Crippen LogP) is -0.442. The summed E-state index contributed by atoms with van der Waals surface area (Å²) < 4.78 is 0. The number of oxime groups is 1. The van der Waals surface area contributed by atoms with E-state index in [1.165, 1.54) is 12.4 Å². The lowest BCUT2D eigenvalue weighted by molar-refractivity contribution is 0.0959. The van der Waals surface area contributed by atoms with Crippen LogP contribution in [0.25, 0.3) is 0 Å². The maximum absolute atomic E-state index is 11.3. The van der Waals surface area contributed by atoms with Crippen molar-refractivity contribution in [3.05, 3.63) is 30.1 Å². The van der Waals surface area contributed by atoms with Crippen LogP contribution in [-0.4, -0.2) is 28.5 Å². The van der Waals surface area contributed by atoms with Crippen LogP contribution in [0.1, 0.15) is 10.4 Å². The van der Waals surface area contributed by atoms with Gasteiger partial charge in [0, 0.05) is 18.0 Å². The van der Waals surface area contributed by atoms with Crippen LogP contribution in [0.4, 0.5) is 0 Å². The first-order chi connectivity index (χ1) is 6.74. The van der Waals surface area contributed by atoms with Crippen molar-refractivity contribution in [3.63, 3.8) is 0 Å². The average molecular weight is 194 g/mol. The quantitative estimate of drug-likeness (QED) is 0.263. The summed E-state index contributed by atoms with van der Waals surface area (Å²) in [6.45, 7) is 0.0116. The molecule has 0 aliphatic heterocycles. The van der Waals surface area contributed by atoms with Gasteiger partial charge in [0.25, 0.3) is 5.91 Å². The Morgan fingerprint density at radius 3 is 2.79 bits per heavy atom. The van der Waals surface area contributed by atoms with E-state index in [1.807, 2.05) is 0 Å². The molecule has 0 aliphatic rings. The SMILES string of the molecule is N/C(CNC(=O)c1ccncc1)=N\O. The topological polar surface area (TPSA) is 101 Å². The van der Waals surface area contributed by atoms with Gasteiger partial charge in [0.1, 0.15) is 0 Å². The van der Waals surface area contributed by atoms with Crippen molar-refractivity contribution >= 4 is 11.7 Å². The van der Waals surface area contributed by atoms with E-state index in [1.54, 1.807) is 12.1 Å². The number of nitrogens with one attached hydrogen (secondary N) is 1. The molecule has 14 heavy (non-hydrogen) atoms. The number of aromatic nitrogens is 1. The summed E-state index contributed by atoms with van der Waals surface area (Å²) >= 11 is 0. The van der Waals surface area contributed by atoms with E-state index in [0.29, 0.717) is 5.56 Å². The number of nitrogens with zero attached hydrogens (tertiary/aromatic N) is 2. The summed E-state index contributed by atoms with van der Waals surface area (Å²) in [5.41, 5.74) is 5.65. The molecule has 1 aromatic rings. The molecule has 1 amide bonds. The van der Waals surface area contributed by atoms with Gasteiger partial charge in [-0.15, -0.1) is 0 Å². The van der Waals surface area contributed by atoms with Gasteiger partial charge in [0.05, 0.1) is 6.54 Å². The van der Waals surface area contributed by atoms with Crippen molar-refractivity contribution in [2.45, 2.75) is 0 Å². The number of nitrogens with two attached hydrogens (primary N) is 1. The van der Waals surface area contributed by atoms with Crippen molar-refractivity contribution in [3.8, 4) is 0 Å². The van der Waals surface area contributed by atoms with Crippen LogP contribution in [0.3, 0.4) is 0 Å². The zero-order chi connectivity index (χ0) is 10.4. The first-order valence-corrected chi connectivity index (χ1v) is 3.88. The van der Waals surface area contributed by atoms with Crippen LogP contribution in [0.5, 0.6) is 0 Å². The van der Waals surface area contributed by atoms with Crippen LogP contribution in [0.15, 0.2) is 29.7 Å². The highest BCUT2D eigenvalue weighted by Gasteiger charge is 2.04. The van der Waals surface area contributed by atoms with E-state index in [9.17, 15) is 4.79 Å². The Hall–Kier alpha value is -2.11. The van der Waals surface area contributed by atoms with Gasteiger partial charge in [-0.2, -0.15) is 0 Å². The maximum atomic E-state index is 11.3. The Kier molecular flexibility index (Phi) is 3.42. The maximum Gasteiger partial charge on any atom is 0.251 e. The summed E-state index contributed by atoms with van der Waals surface area (Å²) in [5.74, 6) is -0.341. The third-order valence-electron chi connectivity index (χ3n) is 1.50. The standard InChI is InChI=1S/C8H10N4O2/c9-7(12-14)5-11-8(13)6-1-3-10-4-2-6/h1-4,14H,5H2,(H2,9,12)(H,11,13). The van der Waals surface area contributed by atoms with Crippen LogP contribution in [0.2, 0.25) is 0 Å². The number of carbonyl (C=O) groups excluding carboxylic acids is 1. The first-order valence-electron chi connectivity index (χ1n) is 3.88. The van der Waals surface area contributed by atoms with Crippen molar-refractivity contribution in [2.24, 2.45) is 10.9 Å². The van der Waals surface area contributed by atoms with Gasteiger partial charge in [0.2, 0.25) is 0 Å². The molecule has 6 nitrogen and oxygen atoms in total. The number of amidine groups is 1. The molecule has 0 spiro atoms. The summed E-state index contributed by atoms with van der Waals surface area (Å²) in [6.07, 6.45) is 3.02. The minimum absolute atomic E-state index is 0.0116. The van der Waals surface area contributed by atoms with E-state index in [-0.39, 0.29) is 18.3 Å². The highest BCUT2D eigenvalue weighted by molar-refractivity contribution is 5.96. The monoisotopic (exact) mass is 194 g/mol. The molecular formula is C8H10N4O2. The molecule has 0 aliphatic carbocycles. The molecule has 6 heteroatoms. The third kappa shape index (κ3) is 2.74. The molecule has 1 rings (SSSR count). The van der Waals surface area contributed by atoms with Crippen LogP contribution in [-0.2, 0) is 0 Å². The molecule has 0 bridgehead atoms. The zero-order valence-electron chi connectivity index (χ0n) is 7.34. The number of hydrogen-bond donors (Lipinski definition) is 3. The largest absolute Gasteiger partial charge is 0.409 e. The van der Waals surface area contributed by atoms with Gasteiger partial charge in [0.15, 0.2) is 5.84 Å². The molecule has 74 valence electrons. The van der Waals surface area contributed by atoms with Gasteiger partial charge < -0.3 is 16.3 Å². The second-order valence-electron chi connectivity index (χ2n) is 2.51. The lowest BCUT2D eigenvalue weighted by Gasteiger charge is -2.02. The Morgan fingerprint density at radius 2 is 2.21 bits per heavy atom. The fourth-order valence-corrected chi connectivity index (χ4v) is 0.812. The van der Waals surface area contributed by atoms with Crippen LogP contribution < -0.4 is 11.1 Å². The number of pyridine rings is 1. The highest BCUT2D eigenvalue weighted by Crippen LogP contribution is 1.94. The molecule has 4 N–H and O–H groups in total. The van der Waals surface area contributed by atoms with E-state index >= 15 is 0 Å². The fourth-order valence-electron chi connectivity index (χ4n) is 0.812. The smallest absolute Gasteiger partial charge is 0.251 e. The lowest BCUT2D eigenvalue weighted by Crippen LogP contribution is -2.33. The van der Waals surface area contributed by atoms with Crippen molar-refractivity contribution < 1.29 is 10.0 Å². The van der Waals surface area contributed by atoms with E-state index in [2.05, 4.69) is 15.5 Å². The van der Waals surface area contributed by atoms with Gasteiger partial charge in [-0.05, 0) is 12.1 Å². The van der Waals surface area contributed by atoms with Crippen LogP contribution in [0, 0.1) is 0 Å².